The molecule has 0 aromatic heterocycles. The molecule has 3 rings (SSSR count). The molecule has 0 unspecified atom stereocenters. The van der Waals surface area contributed by atoms with Crippen LogP contribution in [0.1, 0.15) is 6.42 Å². The van der Waals surface area contributed by atoms with E-state index in [4.69, 9.17) is 15.7 Å². The van der Waals surface area contributed by atoms with Crippen molar-refractivity contribution in [2.45, 2.75) is 6.42 Å². The molecule has 0 atom stereocenters. The average molecular weight is 291 g/mol. The van der Waals surface area contributed by atoms with Gasteiger partial charge in [-0.05, 0) is 36.4 Å². The molecule has 0 radical (unpaired) electrons. The van der Waals surface area contributed by atoms with Crippen LogP contribution in [0, 0.1) is 11.3 Å². The average Bonchev–Trinajstić information content (AvgIpc) is 2.83. The van der Waals surface area contributed by atoms with Crippen LogP contribution in [0.2, 0.25) is 0 Å². The Balaban J connectivity index is 1.82. The van der Waals surface area contributed by atoms with Gasteiger partial charge < -0.3 is 10.5 Å². The largest absolute Gasteiger partial charge is 0.457 e. The lowest BCUT2D eigenvalue weighted by molar-refractivity contribution is -0.116. The number of nitriles is 1. The van der Waals surface area contributed by atoms with Crippen LogP contribution in [0.3, 0.4) is 0 Å². The summed E-state index contributed by atoms with van der Waals surface area (Å²) in [5, 5.41) is 8.94. The first-order valence-corrected chi connectivity index (χ1v) is 6.73. The highest BCUT2D eigenvalue weighted by atomic mass is 16.5. The van der Waals surface area contributed by atoms with E-state index in [9.17, 15) is 4.79 Å². The lowest BCUT2D eigenvalue weighted by Gasteiger charge is -2.17. The summed E-state index contributed by atoms with van der Waals surface area (Å²) in [5.41, 5.74) is 6.77. The molecule has 1 amide bonds. The molecule has 1 heterocycles. The summed E-state index contributed by atoms with van der Waals surface area (Å²) in [4.78, 5) is 13.3. The van der Waals surface area contributed by atoms with Gasteiger partial charge in [0.05, 0.1) is 23.8 Å². The third-order valence-electron chi connectivity index (χ3n) is 3.34. The predicted molar refractivity (Wildman–Crippen MR) is 81.9 cm³/mol. The first-order chi connectivity index (χ1) is 10.7. The van der Waals surface area contributed by atoms with Crippen molar-refractivity contribution in [3.05, 3.63) is 66.0 Å². The smallest absolute Gasteiger partial charge is 0.237 e. The van der Waals surface area contributed by atoms with Crippen molar-refractivity contribution >= 4 is 11.6 Å². The Morgan fingerprint density at radius 1 is 1.05 bits per heavy atom. The summed E-state index contributed by atoms with van der Waals surface area (Å²) in [6.45, 7) is 0. The maximum absolute atomic E-state index is 12.0. The number of para-hydroxylation sites is 1. The van der Waals surface area contributed by atoms with Crippen molar-refractivity contribution in [1.82, 2.24) is 0 Å². The molecule has 0 spiro atoms. The van der Waals surface area contributed by atoms with E-state index in [-0.39, 0.29) is 18.1 Å². The number of rotatable bonds is 3. The Kier molecular flexibility index (Phi) is 3.50. The van der Waals surface area contributed by atoms with Crippen molar-refractivity contribution in [3.63, 3.8) is 0 Å². The van der Waals surface area contributed by atoms with Gasteiger partial charge in [0.15, 0.2) is 0 Å². The number of hydrogen-bond donors (Lipinski definition) is 1. The second-order valence-corrected chi connectivity index (χ2v) is 4.79. The molecule has 0 saturated carbocycles. The maximum Gasteiger partial charge on any atom is 0.237 e. The summed E-state index contributed by atoms with van der Waals surface area (Å²) in [6.07, 6.45) is 0.0462. The molecule has 1 aliphatic rings. The molecule has 0 aliphatic carbocycles. The molecular formula is C17H13N3O2. The van der Waals surface area contributed by atoms with Gasteiger partial charge in [-0.3, -0.25) is 9.69 Å². The van der Waals surface area contributed by atoms with Gasteiger partial charge in [-0.25, -0.2) is 0 Å². The summed E-state index contributed by atoms with van der Waals surface area (Å²) >= 11 is 0. The zero-order chi connectivity index (χ0) is 15.5. The van der Waals surface area contributed by atoms with E-state index in [1.54, 1.807) is 24.3 Å². The molecule has 0 bridgehead atoms. The maximum atomic E-state index is 12.0. The van der Waals surface area contributed by atoms with Gasteiger partial charge in [0.2, 0.25) is 5.91 Å². The van der Waals surface area contributed by atoms with E-state index < -0.39 is 0 Å². The highest BCUT2D eigenvalue weighted by Crippen LogP contribution is 2.29. The number of hydrogen-bond acceptors (Lipinski definition) is 4. The number of amides is 1. The molecular weight excluding hydrogens is 278 g/mol. The standard InChI is InChI=1S/C17H13N3O2/c18-11-12-10-16(21)20(17(12)19)13-6-8-15(9-7-13)22-14-4-2-1-3-5-14/h1-9H,10,19H2. The lowest BCUT2D eigenvalue weighted by atomic mass is 10.2. The van der Waals surface area contributed by atoms with Crippen LogP contribution < -0.4 is 15.4 Å². The van der Waals surface area contributed by atoms with Gasteiger partial charge in [0.25, 0.3) is 0 Å². The van der Waals surface area contributed by atoms with Gasteiger partial charge in [-0.1, -0.05) is 18.2 Å². The van der Waals surface area contributed by atoms with Crippen LogP contribution in [0.15, 0.2) is 66.0 Å². The third kappa shape index (κ3) is 2.50. The quantitative estimate of drug-likeness (QED) is 0.943. The van der Waals surface area contributed by atoms with Crippen LogP contribution in [-0.4, -0.2) is 5.91 Å². The molecule has 0 fully saturated rings. The molecule has 2 aromatic carbocycles. The number of benzene rings is 2. The first-order valence-electron chi connectivity index (χ1n) is 6.73. The zero-order valence-electron chi connectivity index (χ0n) is 11.7. The van der Waals surface area contributed by atoms with E-state index in [1.807, 2.05) is 36.4 Å². The molecule has 5 nitrogen and oxygen atoms in total. The third-order valence-corrected chi connectivity index (χ3v) is 3.34. The van der Waals surface area contributed by atoms with Gasteiger partial charge in [0.1, 0.15) is 17.3 Å². The molecule has 5 heteroatoms. The second-order valence-electron chi connectivity index (χ2n) is 4.79. The number of carbonyl (C=O) groups is 1. The Labute approximate surface area is 127 Å². The van der Waals surface area contributed by atoms with Gasteiger partial charge in [-0.15, -0.1) is 0 Å². The molecule has 22 heavy (non-hydrogen) atoms. The Hall–Kier alpha value is -3.26. The Morgan fingerprint density at radius 2 is 1.68 bits per heavy atom. The van der Waals surface area contributed by atoms with Gasteiger partial charge >= 0.3 is 0 Å². The molecule has 2 aromatic rings. The van der Waals surface area contributed by atoms with Crippen molar-refractivity contribution in [1.29, 1.82) is 5.26 Å². The molecule has 1 aliphatic heterocycles. The van der Waals surface area contributed by atoms with Crippen molar-refractivity contribution in [2.75, 3.05) is 4.90 Å². The van der Waals surface area contributed by atoms with E-state index in [0.717, 1.165) is 5.75 Å². The van der Waals surface area contributed by atoms with Crippen LogP contribution in [0.4, 0.5) is 5.69 Å². The minimum Gasteiger partial charge on any atom is -0.457 e. The van der Waals surface area contributed by atoms with Crippen molar-refractivity contribution in [3.8, 4) is 17.6 Å². The number of nitrogens with zero attached hydrogens (tertiary/aromatic N) is 2. The van der Waals surface area contributed by atoms with E-state index >= 15 is 0 Å². The topological polar surface area (TPSA) is 79.3 Å². The lowest BCUT2D eigenvalue weighted by Crippen LogP contribution is -2.28. The van der Waals surface area contributed by atoms with Crippen LogP contribution >= 0.6 is 0 Å². The normalized spacial score (nSPS) is 14.1. The minimum absolute atomic E-state index is 0.0462. The van der Waals surface area contributed by atoms with E-state index in [2.05, 4.69) is 0 Å². The van der Waals surface area contributed by atoms with Crippen LogP contribution in [0.25, 0.3) is 0 Å². The van der Waals surface area contributed by atoms with E-state index in [0.29, 0.717) is 17.0 Å². The number of nitrogens with two attached hydrogens (primary N) is 1. The summed E-state index contributed by atoms with van der Waals surface area (Å²) in [7, 11) is 0. The summed E-state index contributed by atoms with van der Waals surface area (Å²) in [5.74, 6) is 1.39. The monoisotopic (exact) mass is 291 g/mol. The Morgan fingerprint density at radius 3 is 2.27 bits per heavy atom. The molecule has 108 valence electrons. The second kappa shape index (κ2) is 5.62. The highest BCUT2D eigenvalue weighted by molar-refractivity contribution is 6.01. The van der Waals surface area contributed by atoms with Gasteiger partial charge in [-0.2, -0.15) is 5.26 Å². The summed E-state index contributed by atoms with van der Waals surface area (Å²) in [6, 6.07) is 18.4. The predicted octanol–water partition coefficient (Wildman–Crippen LogP) is 2.91. The number of ether oxygens (including phenoxy) is 1. The first kappa shape index (κ1) is 13.7. The fraction of sp³-hybridized carbons (Fsp3) is 0.0588. The Bertz CT molecular complexity index is 774. The fourth-order valence-electron chi connectivity index (χ4n) is 2.26. The number of anilines is 1. The molecule has 0 saturated heterocycles. The fourth-order valence-corrected chi connectivity index (χ4v) is 2.26. The van der Waals surface area contributed by atoms with Crippen molar-refractivity contribution in [2.24, 2.45) is 5.73 Å². The molecule has 2 N–H and O–H groups in total. The number of carbonyl (C=O) groups excluding carboxylic acids is 1. The van der Waals surface area contributed by atoms with Gasteiger partial charge in [0, 0.05) is 0 Å². The van der Waals surface area contributed by atoms with E-state index in [1.165, 1.54) is 4.90 Å². The zero-order valence-corrected chi connectivity index (χ0v) is 11.7. The SMILES string of the molecule is N#CC1=C(N)N(c2ccc(Oc3ccccc3)cc2)C(=O)C1. The highest BCUT2D eigenvalue weighted by Gasteiger charge is 2.29. The minimum atomic E-state index is -0.203. The van der Waals surface area contributed by atoms with Crippen LogP contribution in [0.5, 0.6) is 11.5 Å². The van der Waals surface area contributed by atoms with Crippen molar-refractivity contribution < 1.29 is 9.53 Å². The van der Waals surface area contributed by atoms with Crippen LogP contribution in [-0.2, 0) is 4.79 Å². The summed E-state index contributed by atoms with van der Waals surface area (Å²) < 4.78 is 5.69.